The van der Waals surface area contributed by atoms with Crippen molar-refractivity contribution in [1.82, 2.24) is 20.6 Å². The zero-order valence-corrected chi connectivity index (χ0v) is 32.5. The van der Waals surface area contributed by atoms with Crippen LogP contribution in [0.25, 0.3) is 22.4 Å². The van der Waals surface area contributed by atoms with E-state index in [1.807, 2.05) is 66.5 Å². The normalized spacial score (nSPS) is 20.4. The number of amides is 1. The summed E-state index contributed by atoms with van der Waals surface area (Å²) in [5, 5.41) is 11.0. The van der Waals surface area contributed by atoms with Crippen LogP contribution in [0.3, 0.4) is 0 Å². The van der Waals surface area contributed by atoms with Crippen LogP contribution in [0.4, 0.5) is 15.9 Å². The van der Waals surface area contributed by atoms with Gasteiger partial charge in [0.15, 0.2) is 0 Å². The topological polar surface area (TPSA) is 88.2 Å². The first-order valence-corrected chi connectivity index (χ1v) is 20.2. The lowest BCUT2D eigenvalue weighted by atomic mass is 9.78. The highest BCUT2D eigenvalue weighted by molar-refractivity contribution is 8.03. The van der Waals surface area contributed by atoms with Gasteiger partial charge in [-0.15, -0.1) is 0 Å². The van der Waals surface area contributed by atoms with Crippen molar-refractivity contribution in [1.29, 1.82) is 0 Å². The highest BCUT2D eigenvalue weighted by Gasteiger charge is 2.26. The molecule has 2 aromatic carbocycles. The number of nitrogens with one attached hydrogen (secondary N) is 3. The molecule has 7 nitrogen and oxygen atoms in total. The molecule has 1 amide bonds. The van der Waals surface area contributed by atoms with Gasteiger partial charge < -0.3 is 20.7 Å². The maximum atomic E-state index is 13.8. The first-order chi connectivity index (χ1) is 25.8. The summed E-state index contributed by atoms with van der Waals surface area (Å²) >= 11 is 16.1. The van der Waals surface area contributed by atoms with Crippen molar-refractivity contribution in [3.63, 3.8) is 0 Å². The largest absolute Gasteiger partial charge is 0.481 e. The summed E-state index contributed by atoms with van der Waals surface area (Å²) in [5.41, 5.74) is 5.87. The minimum atomic E-state index is -0.687. The number of hydrogen-bond acceptors (Lipinski definition) is 7. The van der Waals surface area contributed by atoms with E-state index < -0.39 is 6.17 Å². The molecule has 278 valence electrons. The number of anilines is 2. The van der Waals surface area contributed by atoms with Crippen LogP contribution >= 0.6 is 35.0 Å². The minimum Gasteiger partial charge on any atom is -0.481 e. The lowest BCUT2D eigenvalue weighted by Gasteiger charge is -2.29. The first-order valence-electron chi connectivity index (χ1n) is 18.6. The van der Waals surface area contributed by atoms with Crippen molar-refractivity contribution < 1.29 is 13.9 Å². The van der Waals surface area contributed by atoms with Gasteiger partial charge in [-0.05, 0) is 80.4 Å². The molecule has 0 spiro atoms. The Morgan fingerprint density at radius 3 is 2.53 bits per heavy atom. The van der Waals surface area contributed by atoms with Crippen LogP contribution in [0, 0.1) is 11.8 Å². The molecule has 1 saturated carbocycles. The molecule has 0 bridgehead atoms. The zero-order valence-electron chi connectivity index (χ0n) is 30.2. The Balaban J connectivity index is 1.03. The Morgan fingerprint density at radius 1 is 1.00 bits per heavy atom. The van der Waals surface area contributed by atoms with Crippen molar-refractivity contribution in [2.24, 2.45) is 11.8 Å². The van der Waals surface area contributed by atoms with E-state index in [0.29, 0.717) is 47.0 Å². The number of alkyl halides is 1. The van der Waals surface area contributed by atoms with Crippen LogP contribution < -0.4 is 20.7 Å². The SMILES string of the molecule is COc1nc(-c2cccc(-c3cccc(Nc4nccc5c4CC=C(CCC4CCC(C(C)F)CC4)S5)c3Cl)c2Cl)ccc1CNC[C@@H]1CCC(=O)N1. The van der Waals surface area contributed by atoms with Gasteiger partial charge in [0.2, 0.25) is 11.8 Å². The van der Waals surface area contributed by atoms with Crippen molar-refractivity contribution in [3.8, 4) is 28.3 Å². The number of benzene rings is 2. The summed E-state index contributed by atoms with van der Waals surface area (Å²) in [6, 6.07) is 17.9. The van der Waals surface area contributed by atoms with Crippen LogP contribution in [-0.2, 0) is 17.8 Å². The molecule has 0 radical (unpaired) electrons. The van der Waals surface area contributed by atoms with Crippen LogP contribution in [0.15, 0.2) is 76.7 Å². The van der Waals surface area contributed by atoms with Crippen molar-refractivity contribution in [2.75, 3.05) is 19.0 Å². The molecule has 2 aromatic heterocycles. The second-order valence-corrected chi connectivity index (χ2v) is 16.3. The monoisotopic (exact) mass is 773 g/mol. The quantitative estimate of drug-likeness (QED) is 0.125. The first kappa shape index (κ1) is 37.7. The molecule has 2 atom stereocenters. The summed E-state index contributed by atoms with van der Waals surface area (Å²) < 4.78 is 19.4. The summed E-state index contributed by atoms with van der Waals surface area (Å²) in [5.74, 6) is 2.35. The number of ether oxygens (including phenoxy) is 1. The highest BCUT2D eigenvalue weighted by atomic mass is 35.5. The number of pyridine rings is 2. The maximum absolute atomic E-state index is 13.8. The molecular formula is C42H46Cl2FN5O2S. The van der Waals surface area contributed by atoms with Gasteiger partial charge in [0, 0.05) is 64.5 Å². The fourth-order valence-corrected chi connectivity index (χ4v) is 9.45. The van der Waals surface area contributed by atoms with Crippen molar-refractivity contribution in [2.45, 2.75) is 88.4 Å². The smallest absolute Gasteiger partial charge is 0.220 e. The summed E-state index contributed by atoms with van der Waals surface area (Å²) in [7, 11) is 1.61. The summed E-state index contributed by atoms with van der Waals surface area (Å²) in [6.45, 7) is 2.96. The number of aromatic nitrogens is 2. The highest BCUT2D eigenvalue weighted by Crippen LogP contribution is 2.45. The number of rotatable bonds is 13. The van der Waals surface area contributed by atoms with Gasteiger partial charge >= 0.3 is 0 Å². The molecule has 3 aliphatic rings. The summed E-state index contributed by atoms with van der Waals surface area (Å²) in [6.07, 6.45) is 12.3. The average Bonchev–Trinajstić information content (AvgIpc) is 3.59. The number of methoxy groups -OCH3 is 1. The van der Waals surface area contributed by atoms with Gasteiger partial charge in [0.1, 0.15) is 12.0 Å². The number of allylic oxidation sites excluding steroid dienone is 2. The lowest BCUT2D eigenvalue weighted by Crippen LogP contribution is -2.35. The lowest BCUT2D eigenvalue weighted by molar-refractivity contribution is -0.119. The molecule has 3 N–H and O–H groups in total. The van der Waals surface area contributed by atoms with Crippen LogP contribution in [0.1, 0.15) is 69.4 Å². The van der Waals surface area contributed by atoms with Crippen molar-refractivity contribution >= 4 is 52.4 Å². The van der Waals surface area contributed by atoms with Gasteiger partial charge in [-0.3, -0.25) is 4.79 Å². The second kappa shape index (κ2) is 17.2. The number of halogens is 3. The molecule has 2 fully saturated rings. The fourth-order valence-electron chi connectivity index (χ4n) is 7.75. The fraction of sp³-hybridized carbons (Fsp3) is 0.405. The molecule has 1 unspecified atom stereocenters. The molecule has 2 aliphatic heterocycles. The number of nitrogens with zero attached hydrogens (tertiary/aromatic N) is 2. The van der Waals surface area contributed by atoms with E-state index >= 15 is 0 Å². The van der Waals surface area contributed by atoms with Gasteiger partial charge in [-0.1, -0.05) is 90.3 Å². The Morgan fingerprint density at radius 2 is 1.77 bits per heavy atom. The van der Waals surface area contributed by atoms with E-state index in [9.17, 15) is 9.18 Å². The average molecular weight is 775 g/mol. The van der Waals surface area contributed by atoms with E-state index in [1.54, 1.807) is 14.0 Å². The molecule has 1 aliphatic carbocycles. The van der Waals surface area contributed by atoms with E-state index in [1.165, 1.54) is 16.2 Å². The van der Waals surface area contributed by atoms with Crippen LogP contribution in [0.5, 0.6) is 5.88 Å². The number of carbonyl (C=O) groups is 1. The third-order valence-corrected chi connectivity index (χ3v) is 12.9. The number of fused-ring (bicyclic) bond motifs is 1. The second-order valence-electron chi connectivity index (χ2n) is 14.4. The molecule has 4 aromatic rings. The number of carbonyl (C=O) groups excluding carboxylic acids is 1. The standard InChI is InChI=1S/C42H46Cl2FN5O2S/c1-25(45)27-12-9-26(10-13-27)11-16-30-17-18-34-37(53-30)21-22-47-41(34)49-36-8-4-6-32(40(36)44)31-5-3-7-33(39(31)43)35-19-14-28(42(50-35)52-2)23-46-24-29-15-20-38(51)48-29/h3-8,14,17,19,21-22,25-27,29,46H,9-13,15-16,18,20,23-24H2,1-2H3,(H,47,49)(H,48,51)/t25?,26?,27?,29-/m0/s1. The zero-order chi connectivity index (χ0) is 36.9. The van der Waals surface area contributed by atoms with E-state index in [0.717, 1.165) is 84.3 Å². The predicted molar refractivity (Wildman–Crippen MR) is 215 cm³/mol. The molecule has 53 heavy (non-hydrogen) atoms. The minimum absolute atomic E-state index is 0.105. The third-order valence-electron chi connectivity index (χ3n) is 10.9. The van der Waals surface area contributed by atoms with Gasteiger partial charge in [-0.2, -0.15) is 0 Å². The molecule has 11 heteroatoms. The van der Waals surface area contributed by atoms with E-state index in [4.69, 9.17) is 37.9 Å². The maximum Gasteiger partial charge on any atom is 0.220 e. The molecule has 4 heterocycles. The Hall–Kier alpha value is -3.63. The molecular weight excluding hydrogens is 728 g/mol. The molecule has 7 rings (SSSR count). The van der Waals surface area contributed by atoms with E-state index in [2.05, 4.69) is 28.1 Å². The van der Waals surface area contributed by atoms with E-state index in [-0.39, 0.29) is 17.9 Å². The number of thioether (sulfide) groups is 1. The third kappa shape index (κ3) is 8.86. The number of hydrogen-bond donors (Lipinski definition) is 3. The van der Waals surface area contributed by atoms with Gasteiger partial charge in [-0.25, -0.2) is 14.4 Å². The molecule has 1 saturated heterocycles. The Kier molecular flexibility index (Phi) is 12.2. The van der Waals surface area contributed by atoms with Crippen LogP contribution in [-0.4, -0.2) is 41.7 Å². The van der Waals surface area contributed by atoms with Crippen molar-refractivity contribution in [3.05, 3.63) is 92.9 Å². The van der Waals surface area contributed by atoms with Gasteiger partial charge in [0.25, 0.3) is 0 Å². The van der Waals surface area contributed by atoms with Crippen LogP contribution in [0.2, 0.25) is 10.0 Å². The van der Waals surface area contributed by atoms with Gasteiger partial charge in [0.05, 0.1) is 28.5 Å². The Bertz CT molecular complexity index is 1980. The Labute approximate surface area is 325 Å². The predicted octanol–water partition coefficient (Wildman–Crippen LogP) is 10.7. The summed E-state index contributed by atoms with van der Waals surface area (Å²) in [4.78, 5) is 23.7.